The minimum absolute atomic E-state index is 0.124. The summed E-state index contributed by atoms with van der Waals surface area (Å²) in [6, 6.07) is 7.92. The lowest BCUT2D eigenvalue weighted by Crippen LogP contribution is -2.45. The molecule has 0 bridgehead atoms. The summed E-state index contributed by atoms with van der Waals surface area (Å²) in [6.07, 6.45) is 3.15. The molecule has 1 aliphatic heterocycles. The summed E-state index contributed by atoms with van der Waals surface area (Å²) in [4.78, 5) is 11.4. The number of carbonyl (C=O) groups is 1. The van der Waals surface area contributed by atoms with Gasteiger partial charge in [0.1, 0.15) is 6.04 Å². The maximum absolute atomic E-state index is 12.7. The second-order valence-corrected chi connectivity index (χ2v) is 7.79. The highest BCUT2D eigenvalue weighted by molar-refractivity contribution is 7.88. The Bertz CT molecular complexity index is 628. The van der Waals surface area contributed by atoms with Crippen LogP contribution in [0.3, 0.4) is 0 Å². The van der Waals surface area contributed by atoms with Crippen molar-refractivity contribution in [3.05, 3.63) is 35.9 Å². The van der Waals surface area contributed by atoms with E-state index in [0.29, 0.717) is 12.0 Å². The molecule has 0 spiro atoms. The van der Waals surface area contributed by atoms with Gasteiger partial charge in [-0.25, -0.2) is 8.42 Å². The second kappa shape index (κ2) is 5.42. The number of carboxylic acid groups (broad SMARTS) is 1. The molecule has 1 aromatic rings. The van der Waals surface area contributed by atoms with Crippen LogP contribution in [0.25, 0.3) is 0 Å². The van der Waals surface area contributed by atoms with Gasteiger partial charge in [-0.15, -0.1) is 0 Å². The van der Waals surface area contributed by atoms with Crippen molar-refractivity contribution in [3.8, 4) is 0 Å². The first kappa shape index (κ1) is 14.5. The van der Waals surface area contributed by atoms with E-state index < -0.39 is 22.0 Å². The minimum atomic E-state index is -3.61. The second-order valence-electron chi connectivity index (χ2n) is 5.92. The van der Waals surface area contributed by atoms with E-state index >= 15 is 0 Å². The predicted octanol–water partition coefficient (Wildman–Crippen LogP) is 1.84. The molecule has 1 aromatic carbocycles. The fourth-order valence-electron chi connectivity index (χ4n) is 3.72. The van der Waals surface area contributed by atoms with Crippen LogP contribution in [0.2, 0.25) is 0 Å². The summed E-state index contributed by atoms with van der Waals surface area (Å²) >= 11 is 0. The van der Waals surface area contributed by atoms with Crippen LogP contribution < -0.4 is 0 Å². The highest BCUT2D eigenvalue weighted by atomic mass is 32.2. The van der Waals surface area contributed by atoms with Gasteiger partial charge >= 0.3 is 5.97 Å². The van der Waals surface area contributed by atoms with Crippen LogP contribution in [-0.4, -0.2) is 35.9 Å². The number of sulfonamides is 1. The molecular formula is C15H19NO4S. The monoisotopic (exact) mass is 309 g/mol. The molecule has 3 rings (SSSR count). The number of hydrogen-bond acceptors (Lipinski definition) is 3. The van der Waals surface area contributed by atoms with Crippen molar-refractivity contribution in [3.63, 3.8) is 0 Å². The minimum Gasteiger partial charge on any atom is -0.480 e. The normalized spacial score (nSPS) is 29.4. The number of benzene rings is 1. The molecule has 2 fully saturated rings. The Morgan fingerprint density at radius 3 is 2.62 bits per heavy atom. The molecule has 0 unspecified atom stereocenters. The fourth-order valence-corrected chi connectivity index (χ4v) is 5.74. The molecule has 1 saturated heterocycles. The van der Waals surface area contributed by atoms with Crippen LogP contribution in [0.4, 0.5) is 0 Å². The van der Waals surface area contributed by atoms with Gasteiger partial charge in [0.25, 0.3) is 0 Å². The lowest BCUT2D eigenvalue weighted by atomic mass is 10.0. The zero-order valence-electron chi connectivity index (χ0n) is 11.7. The number of carboxylic acids is 1. The third-order valence-corrected chi connectivity index (χ3v) is 6.44. The molecule has 1 heterocycles. The molecule has 1 aliphatic carbocycles. The third-order valence-electron chi connectivity index (χ3n) is 4.58. The summed E-state index contributed by atoms with van der Waals surface area (Å²) in [7, 11) is -3.61. The number of fused-ring (bicyclic) bond motifs is 1. The molecule has 114 valence electrons. The van der Waals surface area contributed by atoms with Gasteiger partial charge < -0.3 is 5.11 Å². The van der Waals surface area contributed by atoms with Gasteiger partial charge in [0.2, 0.25) is 10.0 Å². The van der Waals surface area contributed by atoms with E-state index in [9.17, 15) is 18.3 Å². The van der Waals surface area contributed by atoms with Gasteiger partial charge in [-0.3, -0.25) is 4.79 Å². The van der Waals surface area contributed by atoms with Crippen molar-refractivity contribution in [1.82, 2.24) is 4.31 Å². The first-order chi connectivity index (χ1) is 9.99. The molecule has 0 aromatic heterocycles. The summed E-state index contributed by atoms with van der Waals surface area (Å²) < 4.78 is 26.7. The van der Waals surface area contributed by atoms with Crippen LogP contribution in [0.15, 0.2) is 30.3 Å². The zero-order chi connectivity index (χ0) is 15.0. The highest BCUT2D eigenvalue weighted by Gasteiger charge is 2.51. The first-order valence-corrected chi connectivity index (χ1v) is 8.88. The Morgan fingerprint density at radius 2 is 1.95 bits per heavy atom. The van der Waals surface area contributed by atoms with Crippen molar-refractivity contribution in [2.24, 2.45) is 5.92 Å². The maximum Gasteiger partial charge on any atom is 0.322 e. The Hall–Kier alpha value is -1.40. The van der Waals surface area contributed by atoms with Crippen LogP contribution in [0, 0.1) is 5.92 Å². The molecule has 3 atom stereocenters. The largest absolute Gasteiger partial charge is 0.480 e. The van der Waals surface area contributed by atoms with Crippen molar-refractivity contribution in [2.45, 2.75) is 43.5 Å². The highest BCUT2D eigenvalue weighted by Crippen LogP contribution is 2.43. The number of nitrogens with zero attached hydrogens (tertiary/aromatic N) is 1. The van der Waals surface area contributed by atoms with Gasteiger partial charge in [-0.1, -0.05) is 36.8 Å². The lowest BCUT2D eigenvalue weighted by Gasteiger charge is -2.26. The summed E-state index contributed by atoms with van der Waals surface area (Å²) in [5.74, 6) is -0.946. The molecule has 0 radical (unpaired) electrons. The summed E-state index contributed by atoms with van der Waals surface area (Å²) in [5.41, 5.74) is 0.697. The van der Waals surface area contributed by atoms with Crippen molar-refractivity contribution < 1.29 is 18.3 Å². The lowest BCUT2D eigenvalue weighted by molar-refractivity contribution is -0.141. The molecule has 1 N–H and O–H groups in total. The number of rotatable bonds is 4. The van der Waals surface area contributed by atoms with E-state index in [1.807, 2.05) is 6.07 Å². The summed E-state index contributed by atoms with van der Waals surface area (Å²) in [5, 5.41) is 9.36. The topological polar surface area (TPSA) is 74.7 Å². The van der Waals surface area contributed by atoms with Crippen molar-refractivity contribution >= 4 is 16.0 Å². The molecular weight excluding hydrogens is 290 g/mol. The van der Waals surface area contributed by atoms with Crippen molar-refractivity contribution in [1.29, 1.82) is 0 Å². The van der Waals surface area contributed by atoms with Crippen LogP contribution >= 0.6 is 0 Å². The number of hydrogen-bond donors (Lipinski definition) is 1. The zero-order valence-corrected chi connectivity index (χ0v) is 12.5. The molecule has 1 saturated carbocycles. The SMILES string of the molecule is O=C(O)[C@H]1C[C@H]2CCC[C@H]2N1S(=O)(=O)Cc1ccccc1. The first-order valence-electron chi connectivity index (χ1n) is 7.27. The van der Waals surface area contributed by atoms with Gasteiger partial charge in [0.05, 0.1) is 5.75 Å². The van der Waals surface area contributed by atoms with E-state index in [2.05, 4.69) is 0 Å². The average molecular weight is 309 g/mol. The van der Waals surface area contributed by atoms with Crippen molar-refractivity contribution in [2.75, 3.05) is 0 Å². The Balaban J connectivity index is 1.90. The van der Waals surface area contributed by atoms with E-state index in [1.54, 1.807) is 24.3 Å². The maximum atomic E-state index is 12.7. The Labute approximate surface area is 124 Å². The third kappa shape index (κ3) is 2.70. The van der Waals surface area contributed by atoms with Crippen LogP contribution in [0.5, 0.6) is 0 Å². The molecule has 5 nitrogen and oxygen atoms in total. The average Bonchev–Trinajstić information content (AvgIpc) is 2.98. The quantitative estimate of drug-likeness (QED) is 0.921. The van der Waals surface area contributed by atoms with Gasteiger partial charge in [-0.05, 0) is 30.7 Å². The predicted molar refractivity (Wildman–Crippen MR) is 78.1 cm³/mol. The van der Waals surface area contributed by atoms with Crippen LogP contribution in [-0.2, 0) is 20.6 Å². The van der Waals surface area contributed by atoms with E-state index in [4.69, 9.17) is 0 Å². The fraction of sp³-hybridized carbons (Fsp3) is 0.533. The van der Waals surface area contributed by atoms with Gasteiger partial charge in [0, 0.05) is 6.04 Å². The smallest absolute Gasteiger partial charge is 0.322 e. The Morgan fingerprint density at radius 1 is 1.24 bits per heavy atom. The number of aliphatic carboxylic acids is 1. The summed E-state index contributed by atoms with van der Waals surface area (Å²) in [6.45, 7) is 0. The van der Waals surface area contributed by atoms with Crippen LogP contribution in [0.1, 0.15) is 31.2 Å². The molecule has 21 heavy (non-hydrogen) atoms. The molecule has 6 heteroatoms. The molecule has 0 amide bonds. The standard InChI is InChI=1S/C15H19NO4S/c17-15(18)14-9-12-7-4-8-13(12)16(14)21(19,20)10-11-5-2-1-3-6-11/h1-3,5-6,12-14H,4,7-10H2,(H,17,18)/t12-,13-,14-/m1/s1. The van der Waals surface area contributed by atoms with E-state index in [0.717, 1.165) is 19.3 Å². The van der Waals surface area contributed by atoms with Gasteiger partial charge in [0.15, 0.2) is 0 Å². The van der Waals surface area contributed by atoms with E-state index in [1.165, 1.54) is 4.31 Å². The Kier molecular flexibility index (Phi) is 3.75. The molecule has 2 aliphatic rings. The van der Waals surface area contributed by atoms with E-state index in [-0.39, 0.29) is 17.7 Å². The van der Waals surface area contributed by atoms with Gasteiger partial charge in [-0.2, -0.15) is 4.31 Å².